The van der Waals surface area contributed by atoms with Gasteiger partial charge in [0, 0.05) is 30.0 Å². The maximum atomic E-state index is 11.2. The third-order valence-electron chi connectivity index (χ3n) is 2.97. The molecule has 0 spiro atoms. The first-order valence-electron chi connectivity index (χ1n) is 5.88. The second kappa shape index (κ2) is 4.78. The zero-order chi connectivity index (χ0) is 12.5. The molecule has 1 aliphatic rings. The first-order chi connectivity index (χ1) is 8.01. The van der Waals surface area contributed by atoms with E-state index in [-0.39, 0.29) is 5.75 Å². The van der Waals surface area contributed by atoms with E-state index in [0.29, 0.717) is 12.5 Å². The van der Waals surface area contributed by atoms with Gasteiger partial charge in [0.1, 0.15) is 9.84 Å². The van der Waals surface area contributed by atoms with Crippen molar-refractivity contribution in [3.63, 3.8) is 0 Å². The summed E-state index contributed by atoms with van der Waals surface area (Å²) in [4.78, 5) is 0. The molecule has 1 aromatic rings. The number of sulfone groups is 1. The van der Waals surface area contributed by atoms with E-state index in [1.165, 1.54) is 30.4 Å². The molecule has 0 radical (unpaired) electrons. The Morgan fingerprint density at radius 2 is 2.24 bits per heavy atom. The summed E-state index contributed by atoms with van der Waals surface area (Å²) < 4.78 is 24.2. The van der Waals surface area contributed by atoms with Crippen molar-refractivity contribution in [3.05, 3.63) is 17.5 Å². The highest BCUT2D eigenvalue weighted by Crippen LogP contribution is 2.41. The van der Waals surface area contributed by atoms with Crippen molar-refractivity contribution in [1.82, 2.24) is 15.1 Å². The fourth-order valence-corrected chi connectivity index (χ4v) is 2.52. The number of aryl methyl sites for hydroxylation is 1. The highest BCUT2D eigenvalue weighted by atomic mass is 32.2. The predicted molar refractivity (Wildman–Crippen MR) is 66.7 cm³/mol. The summed E-state index contributed by atoms with van der Waals surface area (Å²) in [5, 5.41) is 7.43. The minimum Gasteiger partial charge on any atom is -0.316 e. The molecule has 0 saturated heterocycles. The van der Waals surface area contributed by atoms with Gasteiger partial charge < -0.3 is 5.32 Å². The van der Waals surface area contributed by atoms with Gasteiger partial charge in [0.2, 0.25) is 0 Å². The van der Waals surface area contributed by atoms with Crippen LogP contribution in [-0.4, -0.2) is 37.3 Å². The van der Waals surface area contributed by atoms with Crippen LogP contribution in [0.4, 0.5) is 0 Å². The molecule has 0 bridgehead atoms. The summed E-state index contributed by atoms with van der Waals surface area (Å²) in [5.41, 5.74) is 2.42. The Bertz CT molecular complexity index is 489. The predicted octanol–water partition coefficient (Wildman–Crippen LogP) is 0.524. The Morgan fingerprint density at radius 1 is 1.53 bits per heavy atom. The van der Waals surface area contributed by atoms with Crippen molar-refractivity contribution in [2.24, 2.45) is 0 Å². The lowest BCUT2D eigenvalue weighted by atomic mass is 10.2. The fourth-order valence-electron chi connectivity index (χ4n) is 2.02. The lowest BCUT2D eigenvalue weighted by molar-refractivity contribution is 0.577. The van der Waals surface area contributed by atoms with Crippen LogP contribution < -0.4 is 5.32 Å². The molecule has 6 heteroatoms. The monoisotopic (exact) mass is 257 g/mol. The molecule has 17 heavy (non-hydrogen) atoms. The molecular formula is C11H19N3O2S. The minimum atomic E-state index is -2.92. The van der Waals surface area contributed by atoms with Crippen molar-refractivity contribution in [2.75, 3.05) is 19.1 Å². The van der Waals surface area contributed by atoms with E-state index in [9.17, 15) is 8.42 Å². The molecule has 0 atom stereocenters. The van der Waals surface area contributed by atoms with E-state index in [0.717, 1.165) is 6.54 Å². The van der Waals surface area contributed by atoms with Crippen LogP contribution in [0.3, 0.4) is 0 Å². The summed E-state index contributed by atoms with van der Waals surface area (Å²) in [5.74, 6) is 0.744. The summed E-state index contributed by atoms with van der Waals surface area (Å²) in [7, 11) is -1.02. The van der Waals surface area contributed by atoms with Gasteiger partial charge in [0.05, 0.1) is 18.5 Å². The number of nitrogens with zero attached hydrogens (tertiary/aromatic N) is 2. The van der Waals surface area contributed by atoms with Crippen molar-refractivity contribution in [3.8, 4) is 0 Å². The van der Waals surface area contributed by atoms with Gasteiger partial charge in [-0.25, -0.2) is 8.42 Å². The van der Waals surface area contributed by atoms with Gasteiger partial charge >= 0.3 is 0 Å². The molecular weight excluding hydrogens is 238 g/mol. The van der Waals surface area contributed by atoms with Gasteiger partial charge in [-0.15, -0.1) is 0 Å². The molecule has 1 N–H and O–H groups in total. The summed E-state index contributed by atoms with van der Waals surface area (Å²) >= 11 is 0. The summed E-state index contributed by atoms with van der Waals surface area (Å²) in [6.07, 6.45) is 5.51. The van der Waals surface area contributed by atoms with E-state index in [1.54, 1.807) is 0 Å². The highest BCUT2D eigenvalue weighted by molar-refractivity contribution is 7.90. The van der Waals surface area contributed by atoms with Crippen molar-refractivity contribution in [2.45, 2.75) is 31.8 Å². The van der Waals surface area contributed by atoms with Gasteiger partial charge in [-0.2, -0.15) is 5.10 Å². The SMILES string of the molecule is CNCc1cnn(CCS(C)(=O)=O)c1C1CC1. The standard InChI is InChI=1S/C11H19N3O2S/c1-12-7-10-8-13-14(5-6-17(2,15)16)11(10)9-3-4-9/h8-9,12H,3-7H2,1-2H3. The molecule has 1 aliphatic carbocycles. The molecule has 2 rings (SSSR count). The molecule has 0 aromatic carbocycles. The average molecular weight is 257 g/mol. The first-order valence-corrected chi connectivity index (χ1v) is 7.94. The largest absolute Gasteiger partial charge is 0.316 e. The number of rotatable bonds is 6. The molecule has 0 amide bonds. The Hall–Kier alpha value is -0.880. The number of hydrogen-bond donors (Lipinski definition) is 1. The Kier molecular flexibility index (Phi) is 3.53. The molecule has 1 heterocycles. The third kappa shape index (κ3) is 3.29. The summed E-state index contributed by atoms with van der Waals surface area (Å²) in [6.45, 7) is 1.26. The van der Waals surface area contributed by atoms with E-state index < -0.39 is 9.84 Å². The molecule has 1 fully saturated rings. The smallest absolute Gasteiger partial charge is 0.149 e. The van der Waals surface area contributed by atoms with Gasteiger partial charge in [-0.05, 0) is 19.9 Å². The van der Waals surface area contributed by atoms with Crippen LogP contribution in [-0.2, 0) is 22.9 Å². The van der Waals surface area contributed by atoms with Crippen LogP contribution in [0.15, 0.2) is 6.20 Å². The van der Waals surface area contributed by atoms with Crippen LogP contribution in [0.1, 0.15) is 30.0 Å². The average Bonchev–Trinajstić information content (AvgIpc) is 2.98. The first kappa shape index (κ1) is 12.6. The van der Waals surface area contributed by atoms with Crippen LogP contribution in [0.2, 0.25) is 0 Å². The maximum absolute atomic E-state index is 11.2. The van der Waals surface area contributed by atoms with E-state index in [1.807, 2.05) is 17.9 Å². The van der Waals surface area contributed by atoms with Gasteiger partial charge in [-0.3, -0.25) is 4.68 Å². The van der Waals surface area contributed by atoms with Crippen molar-refractivity contribution >= 4 is 9.84 Å². The lowest BCUT2D eigenvalue weighted by Gasteiger charge is -2.08. The Labute approximate surface area is 102 Å². The quantitative estimate of drug-likeness (QED) is 0.807. The zero-order valence-corrected chi connectivity index (χ0v) is 11.1. The minimum absolute atomic E-state index is 0.160. The highest BCUT2D eigenvalue weighted by Gasteiger charge is 2.29. The normalized spacial score (nSPS) is 16.4. The molecule has 0 aliphatic heterocycles. The molecule has 0 unspecified atom stereocenters. The van der Waals surface area contributed by atoms with Crippen LogP contribution in [0.25, 0.3) is 0 Å². The second-order valence-corrected chi connectivity index (χ2v) is 6.97. The fraction of sp³-hybridized carbons (Fsp3) is 0.727. The summed E-state index contributed by atoms with van der Waals surface area (Å²) in [6, 6.07) is 0. The van der Waals surface area contributed by atoms with E-state index >= 15 is 0 Å². The number of nitrogens with one attached hydrogen (secondary N) is 1. The zero-order valence-electron chi connectivity index (χ0n) is 10.3. The van der Waals surface area contributed by atoms with Gasteiger partial charge in [0.15, 0.2) is 0 Å². The Morgan fingerprint density at radius 3 is 2.76 bits per heavy atom. The van der Waals surface area contributed by atoms with Crippen molar-refractivity contribution < 1.29 is 8.42 Å². The topological polar surface area (TPSA) is 64.0 Å². The van der Waals surface area contributed by atoms with Gasteiger partial charge in [0.25, 0.3) is 0 Å². The number of aromatic nitrogens is 2. The van der Waals surface area contributed by atoms with Crippen molar-refractivity contribution in [1.29, 1.82) is 0 Å². The number of hydrogen-bond acceptors (Lipinski definition) is 4. The third-order valence-corrected chi connectivity index (χ3v) is 3.89. The molecule has 96 valence electrons. The van der Waals surface area contributed by atoms with Gasteiger partial charge in [-0.1, -0.05) is 0 Å². The van der Waals surface area contributed by atoms with Crippen LogP contribution in [0.5, 0.6) is 0 Å². The van der Waals surface area contributed by atoms with Crippen LogP contribution >= 0.6 is 0 Å². The van der Waals surface area contributed by atoms with Crippen LogP contribution in [0, 0.1) is 0 Å². The van der Waals surface area contributed by atoms with E-state index in [4.69, 9.17) is 0 Å². The molecule has 1 saturated carbocycles. The molecule has 5 nitrogen and oxygen atoms in total. The maximum Gasteiger partial charge on any atom is 0.149 e. The van der Waals surface area contributed by atoms with E-state index in [2.05, 4.69) is 10.4 Å². The molecule has 1 aromatic heterocycles. The second-order valence-electron chi connectivity index (χ2n) is 4.71. The Balaban J connectivity index is 2.16. The lowest BCUT2D eigenvalue weighted by Crippen LogP contribution is -2.15.